The highest BCUT2D eigenvalue weighted by Crippen LogP contribution is 2.22. The molecule has 1 aliphatic heterocycles. The Hall–Kier alpha value is -2.04. The molecule has 1 aromatic carbocycles. The minimum atomic E-state index is -0.385. The van der Waals surface area contributed by atoms with E-state index in [1.54, 1.807) is 31.4 Å². The largest absolute Gasteiger partial charge is 0.497 e. The lowest BCUT2D eigenvalue weighted by molar-refractivity contribution is -0.120. The van der Waals surface area contributed by atoms with E-state index >= 15 is 0 Å². The molecule has 0 unspecified atom stereocenters. The van der Waals surface area contributed by atoms with Crippen LogP contribution in [-0.4, -0.2) is 25.6 Å². The highest BCUT2D eigenvalue weighted by Gasteiger charge is 2.24. The third kappa shape index (κ3) is 1.98. The van der Waals surface area contributed by atoms with Crippen molar-refractivity contribution in [2.45, 2.75) is 6.42 Å². The number of imide groups is 1. The number of amides is 3. The summed E-state index contributed by atoms with van der Waals surface area (Å²) in [5.41, 5.74) is 0.726. The molecule has 0 spiro atoms. The Bertz CT molecular complexity index is 431. The normalized spacial score (nSPS) is 15.9. The number of urea groups is 1. The van der Waals surface area contributed by atoms with Crippen LogP contribution in [0, 0.1) is 0 Å². The van der Waals surface area contributed by atoms with Crippen LogP contribution in [0.15, 0.2) is 24.3 Å². The maximum atomic E-state index is 11.6. The Morgan fingerprint density at radius 3 is 2.88 bits per heavy atom. The van der Waals surface area contributed by atoms with Gasteiger partial charge in [-0.2, -0.15) is 0 Å². The Labute approximate surface area is 93.0 Å². The van der Waals surface area contributed by atoms with Crippen molar-refractivity contribution in [3.63, 3.8) is 0 Å². The van der Waals surface area contributed by atoms with Crippen molar-refractivity contribution < 1.29 is 14.3 Å². The second-order valence-electron chi connectivity index (χ2n) is 3.46. The summed E-state index contributed by atoms with van der Waals surface area (Å²) >= 11 is 0. The average Bonchev–Trinajstić information content (AvgIpc) is 2.29. The van der Waals surface area contributed by atoms with Gasteiger partial charge in [0.05, 0.1) is 7.11 Å². The van der Waals surface area contributed by atoms with E-state index in [1.807, 2.05) is 0 Å². The lowest BCUT2D eigenvalue weighted by Gasteiger charge is -2.26. The molecule has 1 heterocycles. The van der Waals surface area contributed by atoms with Gasteiger partial charge < -0.3 is 4.74 Å². The molecule has 1 N–H and O–H groups in total. The Kier molecular flexibility index (Phi) is 2.76. The molecule has 5 nitrogen and oxygen atoms in total. The fraction of sp³-hybridized carbons (Fsp3) is 0.273. The summed E-state index contributed by atoms with van der Waals surface area (Å²) in [6.07, 6.45) is 0.322. The van der Waals surface area contributed by atoms with Gasteiger partial charge in [-0.15, -0.1) is 0 Å². The fourth-order valence-corrected chi connectivity index (χ4v) is 1.59. The number of hydrogen-bond donors (Lipinski definition) is 1. The quantitative estimate of drug-likeness (QED) is 0.813. The number of carbonyl (C=O) groups excluding carboxylic acids is 2. The topological polar surface area (TPSA) is 58.6 Å². The zero-order chi connectivity index (χ0) is 11.5. The number of anilines is 1. The fourth-order valence-electron chi connectivity index (χ4n) is 1.59. The Balaban J connectivity index is 2.23. The van der Waals surface area contributed by atoms with Gasteiger partial charge in [-0.3, -0.25) is 15.0 Å². The monoisotopic (exact) mass is 220 g/mol. The number of carbonyl (C=O) groups is 2. The third-order valence-electron chi connectivity index (χ3n) is 2.42. The van der Waals surface area contributed by atoms with E-state index in [9.17, 15) is 9.59 Å². The lowest BCUT2D eigenvalue weighted by Crippen LogP contribution is -2.49. The van der Waals surface area contributed by atoms with E-state index in [4.69, 9.17) is 4.74 Å². The summed E-state index contributed by atoms with van der Waals surface area (Å²) in [6, 6.07) is 6.78. The van der Waals surface area contributed by atoms with Crippen LogP contribution in [0.3, 0.4) is 0 Å². The average molecular weight is 220 g/mol. The number of rotatable bonds is 2. The molecule has 0 aromatic heterocycles. The van der Waals surface area contributed by atoms with Crippen molar-refractivity contribution in [3.05, 3.63) is 24.3 Å². The molecule has 16 heavy (non-hydrogen) atoms. The minimum Gasteiger partial charge on any atom is -0.497 e. The first-order chi connectivity index (χ1) is 7.70. The molecule has 1 saturated heterocycles. The van der Waals surface area contributed by atoms with E-state index in [2.05, 4.69) is 5.32 Å². The summed E-state index contributed by atoms with van der Waals surface area (Å²) in [6.45, 7) is 0.401. The predicted octanol–water partition coefficient (Wildman–Crippen LogP) is 1.14. The van der Waals surface area contributed by atoms with Gasteiger partial charge in [-0.1, -0.05) is 6.07 Å². The molecule has 1 aromatic rings. The summed E-state index contributed by atoms with van der Waals surface area (Å²) in [4.78, 5) is 24.1. The molecule has 84 valence electrons. The predicted molar refractivity (Wildman–Crippen MR) is 58.5 cm³/mol. The first-order valence-corrected chi connectivity index (χ1v) is 4.96. The van der Waals surface area contributed by atoms with Gasteiger partial charge >= 0.3 is 6.03 Å². The number of nitrogens with one attached hydrogen (secondary N) is 1. The van der Waals surface area contributed by atoms with Crippen LogP contribution in [0.5, 0.6) is 5.75 Å². The molecule has 5 heteroatoms. The number of ether oxygens (including phenoxy) is 1. The number of hydrogen-bond acceptors (Lipinski definition) is 3. The van der Waals surface area contributed by atoms with Crippen LogP contribution >= 0.6 is 0 Å². The molecule has 0 aliphatic carbocycles. The molecule has 1 aliphatic rings. The Morgan fingerprint density at radius 1 is 1.38 bits per heavy atom. The number of methoxy groups -OCH3 is 1. The minimum absolute atomic E-state index is 0.232. The van der Waals surface area contributed by atoms with Crippen molar-refractivity contribution >= 4 is 17.6 Å². The lowest BCUT2D eigenvalue weighted by atomic mass is 10.2. The van der Waals surface area contributed by atoms with Gasteiger partial charge in [-0.25, -0.2) is 4.79 Å². The van der Waals surface area contributed by atoms with Crippen molar-refractivity contribution in [1.82, 2.24) is 5.32 Å². The SMILES string of the molecule is COc1cccc(N2CCC(=O)NC2=O)c1. The van der Waals surface area contributed by atoms with Gasteiger partial charge in [-0.05, 0) is 12.1 Å². The first kappa shape index (κ1) is 10.5. The molecular formula is C11H12N2O3. The molecule has 0 saturated carbocycles. The zero-order valence-corrected chi connectivity index (χ0v) is 8.90. The molecule has 3 amide bonds. The van der Waals surface area contributed by atoms with Gasteiger partial charge in [0, 0.05) is 24.7 Å². The Morgan fingerprint density at radius 2 is 2.19 bits per heavy atom. The van der Waals surface area contributed by atoms with Crippen LogP contribution in [0.2, 0.25) is 0 Å². The molecule has 0 radical (unpaired) electrons. The maximum Gasteiger partial charge on any atom is 0.328 e. The second-order valence-corrected chi connectivity index (χ2v) is 3.46. The van der Waals surface area contributed by atoms with Gasteiger partial charge in [0.1, 0.15) is 5.75 Å². The van der Waals surface area contributed by atoms with Crippen LogP contribution < -0.4 is 15.0 Å². The van der Waals surface area contributed by atoms with Crippen molar-refractivity contribution in [2.75, 3.05) is 18.6 Å². The van der Waals surface area contributed by atoms with E-state index < -0.39 is 0 Å². The van der Waals surface area contributed by atoms with Gasteiger partial charge in [0.15, 0.2) is 0 Å². The van der Waals surface area contributed by atoms with E-state index in [0.717, 1.165) is 5.69 Å². The maximum absolute atomic E-state index is 11.6. The van der Waals surface area contributed by atoms with Crippen molar-refractivity contribution in [1.29, 1.82) is 0 Å². The highest BCUT2D eigenvalue weighted by molar-refractivity contribution is 6.05. The summed E-state index contributed by atoms with van der Waals surface area (Å²) < 4.78 is 5.08. The smallest absolute Gasteiger partial charge is 0.328 e. The summed E-state index contributed by atoms with van der Waals surface area (Å²) in [7, 11) is 1.57. The van der Waals surface area contributed by atoms with E-state index in [-0.39, 0.29) is 11.9 Å². The first-order valence-electron chi connectivity index (χ1n) is 4.96. The number of benzene rings is 1. The third-order valence-corrected chi connectivity index (χ3v) is 2.42. The van der Waals surface area contributed by atoms with Crippen LogP contribution in [0.1, 0.15) is 6.42 Å². The van der Waals surface area contributed by atoms with Crippen molar-refractivity contribution in [3.8, 4) is 5.75 Å². The van der Waals surface area contributed by atoms with E-state index in [0.29, 0.717) is 18.7 Å². The van der Waals surface area contributed by atoms with Crippen LogP contribution in [-0.2, 0) is 4.79 Å². The summed E-state index contributed by atoms with van der Waals surface area (Å²) in [5, 5.41) is 2.27. The van der Waals surface area contributed by atoms with Gasteiger partial charge in [0.25, 0.3) is 0 Å². The highest BCUT2D eigenvalue weighted by atomic mass is 16.5. The summed E-state index contributed by atoms with van der Waals surface area (Å²) in [5.74, 6) is 0.450. The standard InChI is InChI=1S/C11H12N2O3/c1-16-9-4-2-3-8(7-9)13-6-5-10(14)12-11(13)15/h2-4,7H,5-6H2,1H3,(H,12,14,15). The van der Waals surface area contributed by atoms with Crippen LogP contribution in [0.25, 0.3) is 0 Å². The zero-order valence-electron chi connectivity index (χ0n) is 8.90. The molecule has 1 fully saturated rings. The molecule has 2 rings (SSSR count). The molecule has 0 atom stereocenters. The van der Waals surface area contributed by atoms with E-state index in [1.165, 1.54) is 4.90 Å². The molecular weight excluding hydrogens is 208 g/mol. The second kappa shape index (κ2) is 4.22. The molecule has 0 bridgehead atoms. The van der Waals surface area contributed by atoms with Crippen LogP contribution in [0.4, 0.5) is 10.5 Å². The van der Waals surface area contributed by atoms with Gasteiger partial charge in [0.2, 0.25) is 5.91 Å². The van der Waals surface area contributed by atoms with Crippen molar-refractivity contribution in [2.24, 2.45) is 0 Å². The number of nitrogens with zero attached hydrogens (tertiary/aromatic N) is 1.